The zero-order chi connectivity index (χ0) is 18.6. The summed E-state index contributed by atoms with van der Waals surface area (Å²) in [6, 6.07) is 0. The molecule has 1 aliphatic rings. The van der Waals surface area contributed by atoms with Crippen molar-refractivity contribution in [3.63, 3.8) is 0 Å². The van der Waals surface area contributed by atoms with E-state index in [1.807, 2.05) is 0 Å². The molecule has 0 spiro atoms. The minimum absolute atomic E-state index is 0.365. The first kappa shape index (κ1) is 19.8. The van der Waals surface area contributed by atoms with Crippen molar-refractivity contribution in [2.24, 2.45) is 18.9 Å². The molecule has 142 valence electrons. The summed E-state index contributed by atoms with van der Waals surface area (Å²) in [7, 11) is 1.37. The summed E-state index contributed by atoms with van der Waals surface area (Å²) < 4.78 is 39.6. The maximum absolute atomic E-state index is 12.9. The van der Waals surface area contributed by atoms with Crippen LogP contribution in [0.15, 0.2) is 6.20 Å². The quantitative estimate of drug-likeness (QED) is 0.794. The van der Waals surface area contributed by atoms with Crippen LogP contribution in [0.2, 0.25) is 0 Å². The number of rotatable bonds is 6. The summed E-state index contributed by atoms with van der Waals surface area (Å²) >= 11 is 0. The standard InChI is InChI=1S/C17H27F3N4O/c1-12-8-13(2)10-24(9-12)7-5-4-6-21-16(25)14-11-23(3)22-15(14)17(18,19)20/h11-13H,4-10H2,1-3H3,(H,21,25). The third kappa shape index (κ3) is 5.73. The molecule has 0 aliphatic carbocycles. The number of amides is 1. The number of hydrogen-bond acceptors (Lipinski definition) is 3. The van der Waals surface area contributed by atoms with Gasteiger partial charge in [-0.1, -0.05) is 13.8 Å². The number of carbonyl (C=O) groups is 1. The SMILES string of the molecule is CC1CC(C)CN(CCCCNC(=O)c2cn(C)nc2C(F)(F)F)C1. The lowest BCUT2D eigenvalue weighted by molar-refractivity contribution is -0.141. The molecule has 2 heterocycles. The van der Waals surface area contributed by atoms with E-state index in [1.54, 1.807) is 0 Å². The summed E-state index contributed by atoms with van der Waals surface area (Å²) in [4.78, 5) is 14.4. The van der Waals surface area contributed by atoms with Crippen LogP contribution in [0.4, 0.5) is 13.2 Å². The van der Waals surface area contributed by atoms with Gasteiger partial charge in [-0.3, -0.25) is 9.48 Å². The Morgan fingerprint density at radius 3 is 2.52 bits per heavy atom. The fourth-order valence-electron chi connectivity index (χ4n) is 3.60. The van der Waals surface area contributed by atoms with Crippen LogP contribution in [-0.4, -0.2) is 46.8 Å². The molecule has 1 amide bonds. The smallest absolute Gasteiger partial charge is 0.352 e. The zero-order valence-corrected chi connectivity index (χ0v) is 15.1. The van der Waals surface area contributed by atoms with Gasteiger partial charge in [0.2, 0.25) is 0 Å². The Labute approximate surface area is 146 Å². The monoisotopic (exact) mass is 360 g/mol. The number of aromatic nitrogens is 2. The third-order valence-electron chi connectivity index (χ3n) is 4.47. The minimum Gasteiger partial charge on any atom is -0.352 e. The molecule has 1 aromatic heterocycles. The van der Waals surface area contributed by atoms with E-state index in [4.69, 9.17) is 0 Å². The van der Waals surface area contributed by atoms with Crippen molar-refractivity contribution in [2.75, 3.05) is 26.2 Å². The Bertz CT molecular complexity index is 575. The first-order valence-electron chi connectivity index (χ1n) is 8.78. The van der Waals surface area contributed by atoms with Gasteiger partial charge in [0.1, 0.15) is 0 Å². The molecule has 0 aromatic carbocycles. The van der Waals surface area contributed by atoms with Crippen molar-refractivity contribution in [1.29, 1.82) is 0 Å². The first-order chi connectivity index (χ1) is 11.7. The minimum atomic E-state index is -4.63. The Morgan fingerprint density at radius 2 is 1.92 bits per heavy atom. The normalized spacial score (nSPS) is 22.2. The number of halogens is 3. The highest BCUT2D eigenvalue weighted by molar-refractivity contribution is 5.95. The molecule has 1 N–H and O–H groups in total. The van der Waals surface area contributed by atoms with Crippen molar-refractivity contribution >= 4 is 5.91 Å². The number of carbonyl (C=O) groups excluding carboxylic acids is 1. The van der Waals surface area contributed by atoms with Crippen LogP contribution in [0.5, 0.6) is 0 Å². The van der Waals surface area contributed by atoms with Gasteiger partial charge in [0.05, 0.1) is 5.56 Å². The Balaban J connectivity index is 1.74. The van der Waals surface area contributed by atoms with Crippen LogP contribution >= 0.6 is 0 Å². The number of likely N-dealkylation sites (tertiary alicyclic amines) is 1. The summed E-state index contributed by atoms with van der Waals surface area (Å²) in [5, 5.41) is 5.92. The number of nitrogens with zero attached hydrogens (tertiary/aromatic N) is 3. The Hall–Kier alpha value is -1.57. The number of aryl methyl sites for hydroxylation is 1. The number of alkyl halides is 3. The maximum atomic E-state index is 12.9. The molecule has 1 fully saturated rings. The molecule has 2 rings (SSSR count). The topological polar surface area (TPSA) is 50.2 Å². The Kier molecular flexibility index (Phi) is 6.48. The second kappa shape index (κ2) is 8.21. The van der Waals surface area contributed by atoms with Crippen LogP contribution in [0.1, 0.15) is 49.2 Å². The van der Waals surface area contributed by atoms with Crippen molar-refractivity contribution in [3.05, 3.63) is 17.5 Å². The van der Waals surface area contributed by atoms with Crippen LogP contribution in [-0.2, 0) is 13.2 Å². The molecule has 0 bridgehead atoms. The number of piperidine rings is 1. The fourth-order valence-corrected chi connectivity index (χ4v) is 3.60. The van der Waals surface area contributed by atoms with E-state index in [-0.39, 0.29) is 0 Å². The molecule has 1 aromatic rings. The first-order valence-corrected chi connectivity index (χ1v) is 8.78. The average molecular weight is 360 g/mol. The van der Waals surface area contributed by atoms with Crippen molar-refractivity contribution in [2.45, 2.75) is 39.3 Å². The fraction of sp³-hybridized carbons (Fsp3) is 0.765. The van der Waals surface area contributed by atoms with E-state index in [2.05, 4.69) is 29.2 Å². The molecule has 1 aliphatic heterocycles. The second-order valence-electron chi connectivity index (χ2n) is 7.23. The van der Waals surface area contributed by atoms with E-state index < -0.39 is 23.3 Å². The van der Waals surface area contributed by atoms with E-state index >= 15 is 0 Å². The van der Waals surface area contributed by atoms with Crippen molar-refractivity contribution in [3.8, 4) is 0 Å². The molecule has 0 saturated carbocycles. The largest absolute Gasteiger partial charge is 0.435 e. The molecule has 0 radical (unpaired) electrons. The second-order valence-corrected chi connectivity index (χ2v) is 7.23. The van der Waals surface area contributed by atoms with Crippen LogP contribution in [0, 0.1) is 11.8 Å². The van der Waals surface area contributed by atoms with Gasteiger partial charge in [-0.15, -0.1) is 0 Å². The third-order valence-corrected chi connectivity index (χ3v) is 4.47. The number of nitrogens with one attached hydrogen (secondary N) is 1. The average Bonchev–Trinajstić information content (AvgIpc) is 2.88. The van der Waals surface area contributed by atoms with E-state index in [0.29, 0.717) is 18.4 Å². The van der Waals surface area contributed by atoms with Gasteiger partial charge < -0.3 is 10.2 Å². The van der Waals surface area contributed by atoms with Crippen molar-refractivity contribution < 1.29 is 18.0 Å². The molecule has 2 unspecified atom stereocenters. The van der Waals surface area contributed by atoms with Gasteiger partial charge in [-0.05, 0) is 37.6 Å². The highest BCUT2D eigenvalue weighted by atomic mass is 19.4. The summed E-state index contributed by atoms with van der Waals surface area (Å²) in [6.07, 6.45) is -0.602. The Morgan fingerprint density at radius 1 is 1.28 bits per heavy atom. The highest BCUT2D eigenvalue weighted by Crippen LogP contribution is 2.30. The van der Waals surface area contributed by atoms with E-state index in [9.17, 15) is 18.0 Å². The molecule has 1 saturated heterocycles. The molecule has 8 heteroatoms. The molecule has 25 heavy (non-hydrogen) atoms. The van der Waals surface area contributed by atoms with Gasteiger partial charge in [0, 0.05) is 32.9 Å². The van der Waals surface area contributed by atoms with Crippen LogP contribution in [0.3, 0.4) is 0 Å². The lowest BCUT2D eigenvalue weighted by atomic mass is 9.92. The lowest BCUT2D eigenvalue weighted by Crippen LogP contribution is -2.39. The molecular weight excluding hydrogens is 333 g/mol. The van der Waals surface area contributed by atoms with Gasteiger partial charge in [-0.2, -0.15) is 18.3 Å². The van der Waals surface area contributed by atoms with Gasteiger partial charge >= 0.3 is 6.18 Å². The zero-order valence-electron chi connectivity index (χ0n) is 15.1. The summed E-state index contributed by atoms with van der Waals surface area (Å²) in [5.41, 5.74) is -1.56. The van der Waals surface area contributed by atoms with Crippen LogP contribution in [0.25, 0.3) is 0 Å². The predicted molar refractivity (Wildman–Crippen MR) is 89.2 cm³/mol. The van der Waals surface area contributed by atoms with Crippen LogP contribution < -0.4 is 5.32 Å². The van der Waals surface area contributed by atoms with Gasteiger partial charge in [0.25, 0.3) is 5.91 Å². The number of unbranched alkanes of at least 4 members (excludes halogenated alkanes) is 1. The van der Waals surface area contributed by atoms with Gasteiger partial charge in [0.15, 0.2) is 5.69 Å². The maximum Gasteiger partial charge on any atom is 0.435 e. The summed E-state index contributed by atoms with van der Waals surface area (Å²) in [5.74, 6) is 0.685. The van der Waals surface area contributed by atoms with E-state index in [1.165, 1.54) is 13.5 Å². The van der Waals surface area contributed by atoms with Gasteiger partial charge in [-0.25, -0.2) is 0 Å². The van der Waals surface area contributed by atoms with E-state index in [0.717, 1.165) is 43.4 Å². The highest BCUT2D eigenvalue weighted by Gasteiger charge is 2.38. The summed E-state index contributed by atoms with van der Waals surface area (Å²) in [6.45, 7) is 8.04. The number of hydrogen-bond donors (Lipinski definition) is 1. The molecule has 2 atom stereocenters. The van der Waals surface area contributed by atoms with Crippen molar-refractivity contribution in [1.82, 2.24) is 20.0 Å². The lowest BCUT2D eigenvalue weighted by Gasteiger charge is -2.34. The molecular formula is C17H27F3N4O. The predicted octanol–water partition coefficient (Wildman–Crippen LogP) is 2.93. The molecule has 5 nitrogen and oxygen atoms in total.